The summed E-state index contributed by atoms with van der Waals surface area (Å²) in [7, 11) is 0. The van der Waals surface area contributed by atoms with Gasteiger partial charge in [0.05, 0.1) is 19.3 Å². The molecule has 1 saturated heterocycles. The van der Waals surface area contributed by atoms with E-state index >= 15 is 0 Å². The molecule has 14 heavy (non-hydrogen) atoms. The Bertz CT molecular complexity index is 310. The van der Waals surface area contributed by atoms with Crippen LogP contribution in [0.4, 0.5) is 4.39 Å². The smallest absolute Gasteiger partial charge is 0.123 e. The van der Waals surface area contributed by atoms with Crippen LogP contribution in [-0.4, -0.2) is 18.8 Å². The molecule has 0 saturated carbocycles. The summed E-state index contributed by atoms with van der Waals surface area (Å²) >= 11 is 0. The van der Waals surface area contributed by atoms with Crippen LogP contribution in [0.3, 0.4) is 0 Å². The standard InChI is InChI=1S/C11H13FO2/c1-8(11-7-14-11)13-6-9-3-2-4-10(12)5-9/h2-5,8,11H,6-7H2,1H3/t8-,11+/m1/s1. The van der Waals surface area contributed by atoms with Gasteiger partial charge >= 0.3 is 0 Å². The number of hydrogen-bond donors (Lipinski definition) is 0. The molecule has 2 atom stereocenters. The van der Waals surface area contributed by atoms with Gasteiger partial charge in [-0.2, -0.15) is 0 Å². The maximum absolute atomic E-state index is 12.8. The summed E-state index contributed by atoms with van der Waals surface area (Å²) in [4.78, 5) is 0. The van der Waals surface area contributed by atoms with Gasteiger partial charge in [0.2, 0.25) is 0 Å². The zero-order chi connectivity index (χ0) is 9.97. The molecule has 1 aliphatic heterocycles. The van der Waals surface area contributed by atoms with Crippen molar-refractivity contribution in [2.24, 2.45) is 0 Å². The molecule has 2 rings (SSSR count). The lowest BCUT2D eigenvalue weighted by Gasteiger charge is -2.09. The minimum absolute atomic E-state index is 0.0956. The molecular weight excluding hydrogens is 183 g/mol. The van der Waals surface area contributed by atoms with E-state index in [4.69, 9.17) is 9.47 Å². The number of rotatable bonds is 4. The Morgan fingerprint density at radius 1 is 1.64 bits per heavy atom. The van der Waals surface area contributed by atoms with E-state index in [9.17, 15) is 4.39 Å². The van der Waals surface area contributed by atoms with Crippen molar-refractivity contribution in [1.82, 2.24) is 0 Å². The highest BCUT2D eigenvalue weighted by Crippen LogP contribution is 2.17. The van der Waals surface area contributed by atoms with E-state index in [0.29, 0.717) is 6.61 Å². The Hall–Kier alpha value is -0.930. The summed E-state index contributed by atoms with van der Waals surface area (Å²) in [5, 5.41) is 0. The summed E-state index contributed by atoms with van der Waals surface area (Å²) in [6.07, 6.45) is 0.335. The molecule has 0 spiro atoms. The fourth-order valence-corrected chi connectivity index (χ4v) is 1.29. The molecule has 0 unspecified atom stereocenters. The van der Waals surface area contributed by atoms with Crippen LogP contribution in [-0.2, 0) is 16.1 Å². The molecule has 3 heteroatoms. The molecule has 1 aromatic carbocycles. The zero-order valence-electron chi connectivity index (χ0n) is 8.07. The van der Waals surface area contributed by atoms with Crippen molar-refractivity contribution in [1.29, 1.82) is 0 Å². The largest absolute Gasteiger partial charge is 0.371 e. The maximum Gasteiger partial charge on any atom is 0.123 e. The van der Waals surface area contributed by atoms with E-state index < -0.39 is 0 Å². The van der Waals surface area contributed by atoms with Gasteiger partial charge in [0.25, 0.3) is 0 Å². The monoisotopic (exact) mass is 196 g/mol. The number of halogens is 1. The second-order valence-corrected chi connectivity index (χ2v) is 3.52. The summed E-state index contributed by atoms with van der Waals surface area (Å²) in [5.41, 5.74) is 0.859. The molecule has 0 aliphatic carbocycles. The Balaban J connectivity index is 1.84. The summed E-state index contributed by atoms with van der Waals surface area (Å²) in [5.74, 6) is -0.221. The van der Waals surface area contributed by atoms with Crippen LogP contribution in [0.2, 0.25) is 0 Å². The predicted octanol–water partition coefficient (Wildman–Crippen LogP) is 2.13. The summed E-state index contributed by atoms with van der Waals surface area (Å²) in [6.45, 7) is 3.19. The first-order valence-electron chi connectivity index (χ1n) is 4.73. The molecule has 0 aromatic heterocycles. The SMILES string of the molecule is C[C@@H](OCc1cccc(F)c1)[C@@H]1CO1. The van der Waals surface area contributed by atoms with Gasteiger partial charge in [-0.25, -0.2) is 4.39 Å². The van der Waals surface area contributed by atoms with Crippen LogP contribution in [0, 0.1) is 5.82 Å². The highest BCUT2D eigenvalue weighted by atomic mass is 19.1. The van der Waals surface area contributed by atoms with E-state index in [2.05, 4.69) is 0 Å². The van der Waals surface area contributed by atoms with Crippen LogP contribution in [0.15, 0.2) is 24.3 Å². The van der Waals surface area contributed by atoms with E-state index in [0.717, 1.165) is 12.2 Å². The predicted molar refractivity (Wildman–Crippen MR) is 50.4 cm³/mol. The quantitative estimate of drug-likeness (QED) is 0.688. The van der Waals surface area contributed by atoms with Crippen molar-refractivity contribution in [2.75, 3.05) is 6.61 Å². The Labute approximate surface area is 82.6 Å². The third-order valence-electron chi connectivity index (χ3n) is 2.28. The van der Waals surface area contributed by atoms with Crippen molar-refractivity contribution in [2.45, 2.75) is 25.7 Å². The van der Waals surface area contributed by atoms with Crippen LogP contribution >= 0.6 is 0 Å². The second kappa shape index (κ2) is 4.07. The lowest BCUT2D eigenvalue weighted by molar-refractivity contribution is 0.0339. The second-order valence-electron chi connectivity index (χ2n) is 3.52. The first-order chi connectivity index (χ1) is 6.75. The van der Waals surface area contributed by atoms with E-state index in [1.807, 2.05) is 13.0 Å². The van der Waals surface area contributed by atoms with Crippen molar-refractivity contribution in [3.8, 4) is 0 Å². The average molecular weight is 196 g/mol. The molecule has 1 aromatic rings. The van der Waals surface area contributed by atoms with Crippen LogP contribution in [0.5, 0.6) is 0 Å². The Morgan fingerprint density at radius 3 is 3.07 bits per heavy atom. The highest BCUT2D eigenvalue weighted by Gasteiger charge is 2.29. The lowest BCUT2D eigenvalue weighted by Crippen LogP contribution is -2.14. The van der Waals surface area contributed by atoms with Gasteiger partial charge in [0, 0.05) is 0 Å². The van der Waals surface area contributed by atoms with Gasteiger partial charge in [-0.1, -0.05) is 12.1 Å². The molecule has 0 radical (unpaired) electrons. The fraction of sp³-hybridized carbons (Fsp3) is 0.455. The molecule has 0 amide bonds. The minimum Gasteiger partial charge on any atom is -0.371 e. The maximum atomic E-state index is 12.8. The Kier molecular flexibility index (Phi) is 2.79. The molecule has 2 nitrogen and oxygen atoms in total. The first-order valence-corrected chi connectivity index (χ1v) is 4.73. The zero-order valence-corrected chi connectivity index (χ0v) is 8.07. The number of hydrogen-bond acceptors (Lipinski definition) is 2. The van der Waals surface area contributed by atoms with Crippen molar-refractivity contribution in [3.63, 3.8) is 0 Å². The molecule has 0 N–H and O–H groups in total. The lowest BCUT2D eigenvalue weighted by atomic mass is 10.2. The minimum atomic E-state index is -0.221. The van der Waals surface area contributed by atoms with Crippen LogP contribution in [0.1, 0.15) is 12.5 Å². The van der Waals surface area contributed by atoms with Gasteiger partial charge in [0.1, 0.15) is 11.9 Å². The molecular formula is C11H13FO2. The molecule has 1 fully saturated rings. The van der Waals surface area contributed by atoms with Gasteiger partial charge in [-0.3, -0.25) is 0 Å². The van der Waals surface area contributed by atoms with Crippen molar-refractivity contribution >= 4 is 0 Å². The van der Waals surface area contributed by atoms with E-state index in [1.165, 1.54) is 12.1 Å². The number of benzene rings is 1. The number of ether oxygens (including phenoxy) is 2. The van der Waals surface area contributed by atoms with E-state index in [1.54, 1.807) is 6.07 Å². The number of epoxide rings is 1. The van der Waals surface area contributed by atoms with Gasteiger partial charge in [-0.05, 0) is 24.6 Å². The molecule has 0 bridgehead atoms. The van der Waals surface area contributed by atoms with Crippen LogP contribution < -0.4 is 0 Å². The third-order valence-corrected chi connectivity index (χ3v) is 2.28. The highest BCUT2D eigenvalue weighted by molar-refractivity contribution is 5.15. The fourth-order valence-electron chi connectivity index (χ4n) is 1.29. The summed E-state index contributed by atoms with van der Waals surface area (Å²) < 4.78 is 23.4. The van der Waals surface area contributed by atoms with Gasteiger partial charge < -0.3 is 9.47 Å². The first kappa shape index (κ1) is 9.62. The molecule has 1 aliphatic rings. The molecule has 1 heterocycles. The van der Waals surface area contributed by atoms with Crippen LogP contribution in [0.25, 0.3) is 0 Å². The van der Waals surface area contributed by atoms with Crippen molar-refractivity contribution in [3.05, 3.63) is 35.6 Å². The van der Waals surface area contributed by atoms with E-state index in [-0.39, 0.29) is 18.0 Å². The average Bonchev–Trinajstić information content (AvgIpc) is 2.97. The summed E-state index contributed by atoms with van der Waals surface area (Å²) in [6, 6.07) is 6.45. The third kappa shape index (κ3) is 2.53. The van der Waals surface area contributed by atoms with Gasteiger partial charge in [0.15, 0.2) is 0 Å². The molecule has 76 valence electrons. The van der Waals surface area contributed by atoms with Gasteiger partial charge in [-0.15, -0.1) is 0 Å². The Morgan fingerprint density at radius 2 is 2.43 bits per heavy atom. The van der Waals surface area contributed by atoms with Crippen molar-refractivity contribution < 1.29 is 13.9 Å². The topological polar surface area (TPSA) is 21.8 Å². The normalized spacial score (nSPS) is 22.0.